The van der Waals surface area contributed by atoms with Gasteiger partial charge in [0.15, 0.2) is 0 Å². The molecule has 0 spiro atoms. The lowest BCUT2D eigenvalue weighted by molar-refractivity contribution is 1.10. The van der Waals surface area contributed by atoms with Gasteiger partial charge in [0.2, 0.25) is 0 Å². The minimum absolute atomic E-state index is 0.798. The minimum atomic E-state index is 0.798. The van der Waals surface area contributed by atoms with Crippen LogP contribution in [-0.2, 0) is 6.54 Å². The molecule has 2 aromatic carbocycles. The molecule has 0 saturated heterocycles. The van der Waals surface area contributed by atoms with Gasteiger partial charge in [-0.25, -0.2) is 0 Å². The molecule has 2 aromatic rings. The highest BCUT2D eigenvalue weighted by Gasteiger charge is 2.04. The Morgan fingerprint density at radius 2 is 1.58 bits per heavy atom. The number of anilines is 2. The van der Waals surface area contributed by atoms with Crippen LogP contribution < -0.4 is 11.1 Å². The van der Waals surface area contributed by atoms with Crippen molar-refractivity contribution in [3.63, 3.8) is 0 Å². The van der Waals surface area contributed by atoms with Gasteiger partial charge in [-0.05, 0) is 67.6 Å². The van der Waals surface area contributed by atoms with Gasteiger partial charge in [0.25, 0.3) is 0 Å². The summed E-state index contributed by atoms with van der Waals surface area (Å²) in [7, 11) is 0. The third kappa shape index (κ3) is 3.08. The Bertz CT molecular complexity index is 600. The molecule has 2 heteroatoms. The molecule has 3 N–H and O–H groups in total. The van der Waals surface area contributed by atoms with Crippen molar-refractivity contribution in [1.82, 2.24) is 0 Å². The molecule has 19 heavy (non-hydrogen) atoms. The SMILES string of the molecule is Cc1ccc(N)c(NCc2cc(C)c(C)cc2C)c1. The highest BCUT2D eigenvalue weighted by atomic mass is 14.9. The summed E-state index contributed by atoms with van der Waals surface area (Å²) >= 11 is 0. The van der Waals surface area contributed by atoms with Crippen LogP contribution in [0.3, 0.4) is 0 Å². The van der Waals surface area contributed by atoms with E-state index < -0.39 is 0 Å². The Kier molecular flexibility index (Phi) is 3.79. The normalized spacial score (nSPS) is 10.5. The van der Waals surface area contributed by atoms with E-state index in [1.807, 2.05) is 12.1 Å². The van der Waals surface area contributed by atoms with Crippen LogP contribution in [0, 0.1) is 27.7 Å². The van der Waals surface area contributed by atoms with Crippen molar-refractivity contribution in [2.75, 3.05) is 11.1 Å². The van der Waals surface area contributed by atoms with E-state index in [9.17, 15) is 0 Å². The first kappa shape index (κ1) is 13.5. The molecule has 0 amide bonds. The second kappa shape index (κ2) is 5.35. The molecule has 100 valence electrons. The highest BCUT2D eigenvalue weighted by molar-refractivity contribution is 5.67. The molecular weight excluding hydrogens is 232 g/mol. The van der Waals surface area contributed by atoms with Crippen LogP contribution in [0.4, 0.5) is 11.4 Å². The Hall–Kier alpha value is -1.96. The standard InChI is InChI=1S/C17H22N2/c1-11-5-6-16(18)17(7-11)19-10-15-9-13(3)12(2)8-14(15)4/h5-9,19H,10,18H2,1-4H3. The zero-order valence-corrected chi connectivity index (χ0v) is 12.2. The first-order valence-electron chi connectivity index (χ1n) is 6.64. The number of rotatable bonds is 3. The van der Waals surface area contributed by atoms with E-state index in [-0.39, 0.29) is 0 Å². The third-order valence-corrected chi connectivity index (χ3v) is 3.63. The minimum Gasteiger partial charge on any atom is -0.397 e. The fourth-order valence-electron chi connectivity index (χ4n) is 2.22. The van der Waals surface area contributed by atoms with Crippen molar-refractivity contribution < 1.29 is 0 Å². The van der Waals surface area contributed by atoms with Gasteiger partial charge in [-0.1, -0.05) is 18.2 Å². The molecule has 2 rings (SSSR count). The van der Waals surface area contributed by atoms with Crippen molar-refractivity contribution in [3.8, 4) is 0 Å². The molecule has 0 aliphatic heterocycles. The third-order valence-electron chi connectivity index (χ3n) is 3.63. The van der Waals surface area contributed by atoms with E-state index in [1.165, 1.54) is 27.8 Å². The maximum atomic E-state index is 5.98. The van der Waals surface area contributed by atoms with Crippen LogP contribution in [-0.4, -0.2) is 0 Å². The second-order valence-corrected chi connectivity index (χ2v) is 5.31. The Balaban J connectivity index is 2.19. The molecule has 0 heterocycles. The number of hydrogen-bond donors (Lipinski definition) is 2. The molecular formula is C17H22N2. The van der Waals surface area contributed by atoms with Gasteiger partial charge < -0.3 is 11.1 Å². The molecule has 0 aliphatic rings. The molecule has 0 radical (unpaired) electrons. The second-order valence-electron chi connectivity index (χ2n) is 5.31. The van der Waals surface area contributed by atoms with Crippen LogP contribution in [0.25, 0.3) is 0 Å². The van der Waals surface area contributed by atoms with Crippen molar-refractivity contribution in [3.05, 3.63) is 58.1 Å². The average molecular weight is 254 g/mol. The maximum absolute atomic E-state index is 5.98. The summed E-state index contributed by atoms with van der Waals surface area (Å²) in [6.45, 7) is 9.34. The highest BCUT2D eigenvalue weighted by Crippen LogP contribution is 2.22. The number of nitrogens with two attached hydrogens (primary N) is 1. The van der Waals surface area contributed by atoms with Crippen molar-refractivity contribution in [2.45, 2.75) is 34.2 Å². The zero-order chi connectivity index (χ0) is 14.0. The van der Waals surface area contributed by atoms with E-state index in [0.717, 1.165) is 17.9 Å². The van der Waals surface area contributed by atoms with Crippen LogP contribution in [0.15, 0.2) is 30.3 Å². The zero-order valence-electron chi connectivity index (χ0n) is 12.2. The first-order valence-corrected chi connectivity index (χ1v) is 6.64. The van der Waals surface area contributed by atoms with Gasteiger partial charge in [0.1, 0.15) is 0 Å². The topological polar surface area (TPSA) is 38.0 Å². The summed E-state index contributed by atoms with van der Waals surface area (Å²) in [4.78, 5) is 0. The Morgan fingerprint density at radius 3 is 2.32 bits per heavy atom. The predicted octanol–water partition coefficient (Wildman–Crippen LogP) is 4.11. The van der Waals surface area contributed by atoms with Crippen LogP contribution in [0.5, 0.6) is 0 Å². The molecule has 2 nitrogen and oxygen atoms in total. The summed E-state index contributed by atoms with van der Waals surface area (Å²) in [6.07, 6.45) is 0. The molecule has 0 fully saturated rings. The fraction of sp³-hybridized carbons (Fsp3) is 0.294. The molecule has 0 unspecified atom stereocenters. The number of nitrogen functional groups attached to an aromatic ring is 1. The summed E-state index contributed by atoms with van der Waals surface area (Å²) in [5, 5.41) is 3.43. The van der Waals surface area contributed by atoms with Crippen LogP contribution in [0.2, 0.25) is 0 Å². The number of aryl methyl sites for hydroxylation is 4. The quantitative estimate of drug-likeness (QED) is 0.809. The maximum Gasteiger partial charge on any atom is 0.0579 e. The van der Waals surface area contributed by atoms with Gasteiger partial charge in [-0.3, -0.25) is 0 Å². The van der Waals surface area contributed by atoms with E-state index in [0.29, 0.717) is 0 Å². The van der Waals surface area contributed by atoms with E-state index in [2.05, 4.69) is 51.2 Å². The first-order chi connectivity index (χ1) is 8.97. The number of benzene rings is 2. The summed E-state index contributed by atoms with van der Waals surface area (Å²) < 4.78 is 0. The largest absolute Gasteiger partial charge is 0.397 e. The smallest absolute Gasteiger partial charge is 0.0579 e. The van der Waals surface area contributed by atoms with E-state index in [1.54, 1.807) is 0 Å². The Labute approximate surface area is 115 Å². The lowest BCUT2D eigenvalue weighted by Crippen LogP contribution is -2.05. The van der Waals surface area contributed by atoms with Crippen LogP contribution in [0.1, 0.15) is 27.8 Å². The monoisotopic (exact) mass is 254 g/mol. The van der Waals surface area contributed by atoms with E-state index >= 15 is 0 Å². The van der Waals surface area contributed by atoms with Crippen molar-refractivity contribution in [1.29, 1.82) is 0 Å². The molecule has 0 aliphatic carbocycles. The van der Waals surface area contributed by atoms with Gasteiger partial charge in [0, 0.05) is 6.54 Å². The van der Waals surface area contributed by atoms with Gasteiger partial charge in [-0.15, -0.1) is 0 Å². The van der Waals surface area contributed by atoms with Crippen molar-refractivity contribution in [2.24, 2.45) is 0 Å². The number of nitrogens with one attached hydrogen (secondary N) is 1. The molecule has 0 bridgehead atoms. The predicted molar refractivity (Wildman–Crippen MR) is 83.6 cm³/mol. The average Bonchev–Trinajstić information content (AvgIpc) is 2.36. The lowest BCUT2D eigenvalue weighted by Gasteiger charge is -2.13. The molecule has 0 aromatic heterocycles. The molecule has 0 saturated carbocycles. The van der Waals surface area contributed by atoms with Gasteiger partial charge in [-0.2, -0.15) is 0 Å². The summed E-state index contributed by atoms with van der Waals surface area (Å²) in [5.41, 5.74) is 14.3. The van der Waals surface area contributed by atoms with Crippen molar-refractivity contribution >= 4 is 11.4 Å². The number of hydrogen-bond acceptors (Lipinski definition) is 2. The lowest BCUT2D eigenvalue weighted by atomic mass is 10.0. The Morgan fingerprint density at radius 1 is 0.895 bits per heavy atom. The molecule has 0 atom stereocenters. The van der Waals surface area contributed by atoms with E-state index in [4.69, 9.17) is 5.73 Å². The summed E-state index contributed by atoms with van der Waals surface area (Å²) in [5.74, 6) is 0. The van der Waals surface area contributed by atoms with Gasteiger partial charge >= 0.3 is 0 Å². The fourth-order valence-corrected chi connectivity index (χ4v) is 2.22. The van der Waals surface area contributed by atoms with Crippen LogP contribution >= 0.6 is 0 Å². The van der Waals surface area contributed by atoms with Gasteiger partial charge in [0.05, 0.1) is 11.4 Å². The summed E-state index contributed by atoms with van der Waals surface area (Å²) in [6, 6.07) is 10.6.